The molecule has 2 heterocycles. The van der Waals surface area contributed by atoms with Gasteiger partial charge in [-0.05, 0) is 30.0 Å². The second-order valence-electron chi connectivity index (χ2n) is 6.90. The van der Waals surface area contributed by atoms with Crippen LogP contribution in [0.3, 0.4) is 0 Å². The Balaban J connectivity index is 1.42. The molecule has 0 saturated carbocycles. The standard InChI is InChI=1S/C22H21N3OS2/c1-14(2)16-8-10-17(11-9-16)21-23-18(12-27-21)13-28-22-25-24-20(26-22)19-7-5-4-6-15(19)3/h4-12,14H,13H2,1-3H3. The summed E-state index contributed by atoms with van der Waals surface area (Å²) < 4.78 is 5.82. The molecule has 2 aromatic heterocycles. The first kappa shape index (κ1) is 18.9. The smallest absolute Gasteiger partial charge is 0.277 e. The Kier molecular flexibility index (Phi) is 5.59. The van der Waals surface area contributed by atoms with Gasteiger partial charge >= 0.3 is 0 Å². The minimum Gasteiger partial charge on any atom is -0.411 e. The van der Waals surface area contributed by atoms with E-state index in [0.29, 0.717) is 22.8 Å². The van der Waals surface area contributed by atoms with Gasteiger partial charge in [0.25, 0.3) is 5.22 Å². The number of aryl methyl sites for hydroxylation is 1. The van der Waals surface area contributed by atoms with E-state index < -0.39 is 0 Å². The van der Waals surface area contributed by atoms with Crippen molar-refractivity contribution < 1.29 is 4.42 Å². The van der Waals surface area contributed by atoms with Gasteiger partial charge in [0.15, 0.2) is 0 Å². The molecule has 0 spiro atoms. The van der Waals surface area contributed by atoms with E-state index in [9.17, 15) is 0 Å². The fraction of sp³-hybridized carbons (Fsp3) is 0.227. The number of aromatic nitrogens is 3. The number of hydrogen-bond donors (Lipinski definition) is 0. The minimum atomic E-state index is 0.538. The topological polar surface area (TPSA) is 51.8 Å². The summed E-state index contributed by atoms with van der Waals surface area (Å²) in [6.45, 7) is 6.45. The molecule has 142 valence electrons. The molecule has 0 fully saturated rings. The Morgan fingerprint density at radius 1 is 1.04 bits per heavy atom. The molecule has 0 aliphatic heterocycles. The van der Waals surface area contributed by atoms with Crippen LogP contribution in [0.2, 0.25) is 0 Å². The van der Waals surface area contributed by atoms with Crippen molar-refractivity contribution in [2.45, 2.75) is 37.7 Å². The summed E-state index contributed by atoms with van der Waals surface area (Å²) in [6.07, 6.45) is 0. The highest BCUT2D eigenvalue weighted by molar-refractivity contribution is 7.98. The molecule has 0 radical (unpaired) electrons. The lowest BCUT2D eigenvalue weighted by Gasteiger charge is -2.05. The zero-order valence-corrected chi connectivity index (χ0v) is 17.7. The van der Waals surface area contributed by atoms with Crippen molar-refractivity contribution in [1.29, 1.82) is 0 Å². The van der Waals surface area contributed by atoms with Crippen LogP contribution in [-0.2, 0) is 5.75 Å². The summed E-state index contributed by atoms with van der Waals surface area (Å²) in [7, 11) is 0. The van der Waals surface area contributed by atoms with E-state index >= 15 is 0 Å². The number of hydrogen-bond acceptors (Lipinski definition) is 6. The Morgan fingerprint density at radius 2 is 1.82 bits per heavy atom. The predicted molar refractivity (Wildman–Crippen MR) is 116 cm³/mol. The quantitative estimate of drug-likeness (QED) is 0.338. The van der Waals surface area contributed by atoms with Crippen LogP contribution in [0.4, 0.5) is 0 Å². The summed E-state index contributed by atoms with van der Waals surface area (Å²) in [5, 5.41) is 12.0. The van der Waals surface area contributed by atoms with E-state index in [1.807, 2.05) is 31.2 Å². The number of rotatable bonds is 6. The van der Waals surface area contributed by atoms with Crippen molar-refractivity contribution in [2.75, 3.05) is 0 Å². The second kappa shape index (κ2) is 8.29. The van der Waals surface area contributed by atoms with E-state index in [0.717, 1.165) is 27.4 Å². The van der Waals surface area contributed by atoms with Gasteiger partial charge in [-0.3, -0.25) is 0 Å². The molecule has 4 aromatic rings. The van der Waals surface area contributed by atoms with Gasteiger partial charge in [0, 0.05) is 22.3 Å². The van der Waals surface area contributed by atoms with Gasteiger partial charge in [0.1, 0.15) is 5.01 Å². The Labute approximate surface area is 173 Å². The third-order valence-corrected chi connectivity index (χ3v) is 6.29. The predicted octanol–water partition coefficient (Wildman–Crippen LogP) is 6.58. The van der Waals surface area contributed by atoms with Crippen LogP contribution in [0.25, 0.3) is 22.0 Å². The van der Waals surface area contributed by atoms with Crippen molar-refractivity contribution in [3.8, 4) is 22.0 Å². The van der Waals surface area contributed by atoms with Gasteiger partial charge in [-0.25, -0.2) is 4.98 Å². The zero-order valence-electron chi connectivity index (χ0n) is 16.0. The average Bonchev–Trinajstić information content (AvgIpc) is 3.36. The lowest BCUT2D eigenvalue weighted by molar-refractivity contribution is 0.465. The Morgan fingerprint density at radius 3 is 2.57 bits per heavy atom. The highest BCUT2D eigenvalue weighted by Gasteiger charge is 2.12. The SMILES string of the molecule is Cc1ccccc1-c1nnc(SCc2csc(-c3ccc(C(C)C)cc3)n2)o1. The molecule has 28 heavy (non-hydrogen) atoms. The molecule has 0 aliphatic carbocycles. The van der Waals surface area contributed by atoms with Gasteiger partial charge in [-0.15, -0.1) is 21.5 Å². The van der Waals surface area contributed by atoms with E-state index in [1.54, 1.807) is 11.3 Å². The lowest BCUT2D eigenvalue weighted by Crippen LogP contribution is -1.87. The molecule has 0 saturated heterocycles. The van der Waals surface area contributed by atoms with Crippen molar-refractivity contribution in [1.82, 2.24) is 15.2 Å². The number of nitrogens with zero attached hydrogens (tertiary/aromatic N) is 3. The maximum absolute atomic E-state index is 5.82. The van der Waals surface area contributed by atoms with Gasteiger partial charge in [-0.2, -0.15) is 0 Å². The third kappa shape index (κ3) is 4.18. The van der Waals surface area contributed by atoms with Crippen molar-refractivity contribution in [3.63, 3.8) is 0 Å². The van der Waals surface area contributed by atoms with E-state index in [-0.39, 0.29) is 0 Å². The molecule has 0 unspecified atom stereocenters. The van der Waals surface area contributed by atoms with Crippen LogP contribution < -0.4 is 0 Å². The van der Waals surface area contributed by atoms with Crippen molar-refractivity contribution in [3.05, 3.63) is 70.7 Å². The summed E-state index contributed by atoms with van der Waals surface area (Å²) in [4.78, 5) is 4.76. The number of benzene rings is 2. The van der Waals surface area contributed by atoms with Crippen LogP contribution in [0.15, 0.2) is 63.6 Å². The molecular formula is C22H21N3OS2. The largest absolute Gasteiger partial charge is 0.411 e. The first-order chi connectivity index (χ1) is 13.6. The molecule has 0 aliphatic rings. The van der Waals surface area contributed by atoms with Crippen LogP contribution in [0.1, 0.15) is 36.6 Å². The Bertz CT molecular complexity index is 1070. The summed E-state index contributed by atoms with van der Waals surface area (Å²) in [5.74, 6) is 1.80. The first-order valence-corrected chi connectivity index (χ1v) is 11.0. The molecular weight excluding hydrogens is 386 g/mol. The summed E-state index contributed by atoms with van der Waals surface area (Å²) >= 11 is 3.18. The highest BCUT2D eigenvalue weighted by Crippen LogP contribution is 2.30. The van der Waals surface area contributed by atoms with Crippen LogP contribution >= 0.6 is 23.1 Å². The molecule has 2 aromatic carbocycles. The average molecular weight is 408 g/mol. The monoisotopic (exact) mass is 407 g/mol. The molecule has 4 rings (SSSR count). The van der Waals surface area contributed by atoms with Crippen LogP contribution in [0.5, 0.6) is 0 Å². The number of thiazole rings is 1. The minimum absolute atomic E-state index is 0.538. The lowest BCUT2D eigenvalue weighted by atomic mass is 10.0. The fourth-order valence-electron chi connectivity index (χ4n) is 2.84. The van der Waals surface area contributed by atoms with Gasteiger partial charge in [0.2, 0.25) is 5.89 Å². The molecule has 0 bridgehead atoms. The van der Waals surface area contributed by atoms with Gasteiger partial charge < -0.3 is 4.42 Å². The molecule has 6 heteroatoms. The maximum Gasteiger partial charge on any atom is 0.277 e. The second-order valence-corrected chi connectivity index (χ2v) is 8.68. The van der Waals surface area contributed by atoms with Gasteiger partial charge in [-0.1, -0.05) is 68.1 Å². The normalized spacial score (nSPS) is 11.3. The van der Waals surface area contributed by atoms with E-state index in [2.05, 4.69) is 53.7 Å². The molecule has 4 nitrogen and oxygen atoms in total. The third-order valence-electron chi connectivity index (χ3n) is 4.50. The van der Waals surface area contributed by atoms with Crippen LogP contribution in [-0.4, -0.2) is 15.2 Å². The summed E-state index contributed by atoms with van der Waals surface area (Å²) in [6, 6.07) is 16.7. The van der Waals surface area contributed by atoms with Crippen molar-refractivity contribution >= 4 is 23.1 Å². The highest BCUT2D eigenvalue weighted by atomic mass is 32.2. The van der Waals surface area contributed by atoms with Gasteiger partial charge in [0.05, 0.1) is 5.69 Å². The first-order valence-electron chi connectivity index (χ1n) is 9.17. The molecule has 0 atom stereocenters. The summed E-state index contributed by atoms with van der Waals surface area (Å²) in [5.41, 5.74) is 5.62. The molecule has 0 N–H and O–H groups in total. The molecule has 0 amide bonds. The Hall–Kier alpha value is -2.44. The number of thioether (sulfide) groups is 1. The maximum atomic E-state index is 5.82. The van der Waals surface area contributed by atoms with E-state index in [1.165, 1.54) is 17.3 Å². The van der Waals surface area contributed by atoms with Crippen molar-refractivity contribution in [2.24, 2.45) is 0 Å². The van der Waals surface area contributed by atoms with E-state index in [4.69, 9.17) is 9.40 Å². The zero-order chi connectivity index (χ0) is 19.5. The fourth-order valence-corrected chi connectivity index (χ4v) is 4.43. The van der Waals surface area contributed by atoms with Crippen LogP contribution in [0, 0.1) is 6.92 Å².